The molecular formula is C12H13N3O4. The Morgan fingerprint density at radius 1 is 1.26 bits per heavy atom. The maximum atomic E-state index is 11.5. The van der Waals surface area contributed by atoms with Crippen LogP contribution in [0.2, 0.25) is 0 Å². The summed E-state index contributed by atoms with van der Waals surface area (Å²) in [5, 5.41) is 2.56. The average molecular weight is 263 g/mol. The van der Waals surface area contributed by atoms with E-state index in [1.807, 2.05) is 0 Å². The van der Waals surface area contributed by atoms with Crippen LogP contribution in [0.4, 0.5) is 5.69 Å². The zero-order valence-corrected chi connectivity index (χ0v) is 10.3. The van der Waals surface area contributed by atoms with Gasteiger partial charge in [0.15, 0.2) is 0 Å². The van der Waals surface area contributed by atoms with Gasteiger partial charge >= 0.3 is 11.7 Å². The van der Waals surface area contributed by atoms with Crippen molar-refractivity contribution in [2.75, 3.05) is 11.9 Å². The van der Waals surface area contributed by atoms with Crippen molar-refractivity contribution in [2.45, 2.75) is 13.3 Å². The van der Waals surface area contributed by atoms with E-state index in [1.54, 1.807) is 25.1 Å². The Morgan fingerprint density at radius 3 is 2.74 bits per heavy atom. The fourth-order valence-electron chi connectivity index (χ4n) is 1.66. The van der Waals surface area contributed by atoms with Gasteiger partial charge in [-0.2, -0.15) is 0 Å². The number of imidazole rings is 1. The maximum absolute atomic E-state index is 11.5. The van der Waals surface area contributed by atoms with Crippen LogP contribution in [0, 0.1) is 0 Å². The number of fused-ring (bicyclic) bond motifs is 1. The molecule has 0 aliphatic carbocycles. The lowest BCUT2D eigenvalue weighted by molar-refractivity contribution is -0.145. The summed E-state index contributed by atoms with van der Waals surface area (Å²) in [5.41, 5.74) is 1.41. The van der Waals surface area contributed by atoms with Crippen LogP contribution < -0.4 is 11.0 Å². The van der Waals surface area contributed by atoms with Gasteiger partial charge in [0.05, 0.1) is 17.6 Å². The van der Waals surface area contributed by atoms with E-state index in [-0.39, 0.29) is 18.7 Å². The van der Waals surface area contributed by atoms with Crippen LogP contribution in [0.25, 0.3) is 11.0 Å². The van der Waals surface area contributed by atoms with Gasteiger partial charge in [-0.15, -0.1) is 0 Å². The summed E-state index contributed by atoms with van der Waals surface area (Å²) in [6.07, 6.45) is -0.338. The largest absolute Gasteiger partial charge is 0.466 e. The van der Waals surface area contributed by atoms with Crippen molar-refractivity contribution in [2.24, 2.45) is 0 Å². The lowest BCUT2D eigenvalue weighted by Crippen LogP contribution is -2.18. The smallest absolute Gasteiger partial charge is 0.323 e. The van der Waals surface area contributed by atoms with Crippen LogP contribution >= 0.6 is 0 Å². The lowest BCUT2D eigenvalue weighted by atomic mass is 10.2. The molecule has 0 fully saturated rings. The Bertz CT molecular complexity index is 671. The van der Waals surface area contributed by atoms with E-state index in [0.29, 0.717) is 16.7 Å². The lowest BCUT2D eigenvalue weighted by Gasteiger charge is -2.05. The summed E-state index contributed by atoms with van der Waals surface area (Å²) in [7, 11) is 0. The van der Waals surface area contributed by atoms with Gasteiger partial charge in [-0.3, -0.25) is 9.59 Å². The zero-order valence-electron chi connectivity index (χ0n) is 10.3. The molecule has 1 aromatic heterocycles. The molecule has 0 aliphatic heterocycles. The predicted molar refractivity (Wildman–Crippen MR) is 68.8 cm³/mol. The molecular weight excluding hydrogens is 250 g/mol. The zero-order chi connectivity index (χ0) is 13.8. The molecule has 7 nitrogen and oxygen atoms in total. The highest BCUT2D eigenvalue weighted by Gasteiger charge is 2.10. The highest BCUT2D eigenvalue weighted by atomic mass is 16.5. The van der Waals surface area contributed by atoms with Crippen LogP contribution in [-0.4, -0.2) is 28.5 Å². The quantitative estimate of drug-likeness (QED) is 0.559. The molecule has 1 aromatic carbocycles. The van der Waals surface area contributed by atoms with Gasteiger partial charge in [-0.1, -0.05) is 0 Å². The molecule has 3 N–H and O–H groups in total. The molecule has 0 saturated carbocycles. The van der Waals surface area contributed by atoms with E-state index >= 15 is 0 Å². The van der Waals surface area contributed by atoms with Crippen molar-refractivity contribution < 1.29 is 14.3 Å². The number of esters is 1. The highest BCUT2D eigenvalue weighted by molar-refractivity contribution is 6.02. The van der Waals surface area contributed by atoms with Crippen LogP contribution in [0.15, 0.2) is 23.0 Å². The van der Waals surface area contributed by atoms with Crippen LogP contribution in [0.1, 0.15) is 13.3 Å². The number of ether oxygens (including phenoxy) is 1. The first kappa shape index (κ1) is 12.9. The van der Waals surface area contributed by atoms with Gasteiger partial charge in [0.1, 0.15) is 6.42 Å². The minimum atomic E-state index is -0.573. The number of carbonyl (C=O) groups excluding carboxylic acids is 2. The monoisotopic (exact) mass is 263 g/mol. The first-order valence-corrected chi connectivity index (χ1v) is 5.76. The van der Waals surface area contributed by atoms with E-state index in [9.17, 15) is 14.4 Å². The summed E-state index contributed by atoms with van der Waals surface area (Å²) in [5.74, 6) is -1.04. The molecule has 0 atom stereocenters. The van der Waals surface area contributed by atoms with E-state index in [1.165, 1.54) is 0 Å². The summed E-state index contributed by atoms with van der Waals surface area (Å²) in [4.78, 5) is 38.9. The van der Waals surface area contributed by atoms with Gasteiger partial charge in [0.2, 0.25) is 5.91 Å². The van der Waals surface area contributed by atoms with Gasteiger partial charge in [-0.25, -0.2) is 4.79 Å². The number of hydrogen-bond acceptors (Lipinski definition) is 4. The number of amides is 1. The second-order valence-corrected chi connectivity index (χ2v) is 3.87. The third-order valence-corrected chi connectivity index (χ3v) is 2.41. The number of nitrogens with one attached hydrogen (secondary N) is 3. The number of anilines is 1. The van der Waals surface area contributed by atoms with E-state index in [4.69, 9.17) is 0 Å². The van der Waals surface area contributed by atoms with Crippen molar-refractivity contribution in [3.63, 3.8) is 0 Å². The summed E-state index contributed by atoms with van der Waals surface area (Å²) < 4.78 is 4.67. The second kappa shape index (κ2) is 5.38. The molecule has 0 spiro atoms. The van der Waals surface area contributed by atoms with Crippen molar-refractivity contribution in [1.29, 1.82) is 0 Å². The van der Waals surface area contributed by atoms with Crippen molar-refractivity contribution in [3.8, 4) is 0 Å². The molecule has 0 bridgehead atoms. The Kier molecular flexibility index (Phi) is 3.65. The van der Waals surface area contributed by atoms with Gasteiger partial charge in [0, 0.05) is 5.69 Å². The predicted octanol–water partition coefficient (Wildman–Crippen LogP) is 0.748. The Balaban J connectivity index is 2.06. The minimum Gasteiger partial charge on any atom is -0.466 e. The molecule has 0 saturated heterocycles. The molecule has 19 heavy (non-hydrogen) atoms. The fourth-order valence-corrected chi connectivity index (χ4v) is 1.66. The van der Waals surface area contributed by atoms with E-state index in [0.717, 1.165) is 0 Å². The Labute approximate surface area is 108 Å². The van der Waals surface area contributed by atoms with Crippen LogP contribution in [-0.2, 0) is 14.3 Å². The number of benzene rings is 1. The topological polar surface area (TPSA) is 104 Å². The first-order valence-electron chi connectivity index (χ1n) is 5.76. The van der Waals surface area contributed by atoms with Crippen molar-refractivity contribution in [1.82, 2.24) is 9.97 Å². The van der Waals surface area contributed by atoms with Crippen molar-refractivity contribution >= 4 is 28.6 Å². The van der Waals surface area contributed by atoms with Gasteiger partial charge < -0.3 is 20.0 Å². The first-order chi connectivity index (χ1) is 9.08. The summed E-state index contributed by atoms with van der Waals surface area (Å²) in [6.45, 7) is 1.91. The van der Waals surface area contributed by atoms with Crippen LogP contribution in [0.3, 0.4) is 0 Å². The van der Waals surface area contributed by atoms with Gasteiger partial charge in [-0.05, 0) is 25.1 Å². The van der Waals surface area contributed by atoms with E-state index in [2.05, 4.69) is 20.0 Å². The number of aromatic amines is 2. The molecule has 100 valence electrons. The van der Waals surface area contributed by atoms with Crippen LogP contribution in [0.5, 0.6) is 0 Å². The van der Waals surface area contributed by atoms with Crippen molar-refractivity contribution in [3.05, 3.63) is 28.7 Å². The number of rotatable bonds is 4. The average Bonchev–Trinajstić information content (AvgIpc) is 2.68. The number of H-pyrrole nitrogens is 2. The SMILES string of the molecule is CCOC(=O)CC(=O)Nc1ccc2[nH]c(=O)[nH]c2c1. The molecule has 2 aromatic rings. The van der Waals surface area contributed by atoms with Gasteiger partial charge in [0.25, 0.3) is 0 Å². The summed E-state index contributed by atoms with van der Waals surface area (Å²) in [6, 6.07) is 4.90. The second-order valence-electron chi connectivity index (χ2n) is 3.87. The van der Waals surface area contributed by atoms with E-state index < -0.39 is 11.9 Å². The molecule has 2 rings (SSSR count). The third kappa shape index (κ3) is 3.21. The fraction of sp³-hybridized carbons (Fsp3) is 0.250. The molecule has 1 amide bonds. The molecule has 7 heteroatoms. The number of aromatic nitrogens is 2. The highest BCUT2D eigenvalue weighted by Crippen LogP contribution is 2.14. The standard InChI is InChI=1S/C12H13N3O4/c1-2-19-11(17)6-10(16)13-7-3-4-8-9(5-7)15-12(18)14-8/h3-5H,2,6H2,1H3,(H,13,16)(H2,14,15,18). The Hall–Kier alpha value is -2.57. The summed E-state index contributed by atoms with van der Waals surface area (Å²) >= 11 is 0. The Morgan fingerprint density at radius 2 is 2.00 bits per heavy atom. The minimum absolute atomic E-state index is 0.239. The maximum Gasteiger partial charge on any atom is 0.323 e. The molecule has 0 radical (unpaired) electrons. The third-order valence-electron chi connectivity index (χ3n) is 2.41. The molecule has 0 unspecified atom stereocenters. The molecule has 0 aliphatic rings. The molecule has 1 heterocycles. The number of carbonyl (C=O) groups is 2. The normalized spacial score (nSPS) is 10.4. The number of hydrogen-bond donors (Lipinski definition) is 3.